The van der Waals surface area contributed by atoms with Gasteiger partial charge in [0.15, 0.2) is 0 Å². The predicted octanol–water partition coefficient (Wildman–Crippen LogP) is 3.98. The molecule has 1 N–H and O–H groups in total. The molecule has 0 fully saturated rings. The fraction of sp³-hybridized carbons (Fsp3) is 0.188. The highest BCUT2D eigenvalue weighted by molar-refractivity contribution is 9.10. The van der Waals surface area contributed by atoms with Crippen molar-refractivity contribution in [2.45, 2.75) is 12.8 Å². The molecule has 3 heteroatoms. The van der Waals surface area contributed by atoms with E-state index in [4.69, 9.17) is 0 Å². The molecule has 0 aliphatic heterocycles. The minimum atomic E-state index is -0.0461. The van der Waals surface area contributed by atoms with Gasteiger partial charge in [0, 0.05) is 11.0 Å². The number of hydrogen-bond donors (Lipinski definition) is 1. The Morgan fingerprint density at radius 1 is 1.11 bits per heavy atom. The molecule has 1 amide bonds. The van der Waals surface area contributed by atoms with E-state index in [1.54, 1.807) is 0 Å². The van der Waals surface area contributed by atoms with Crippen LogP contribution in [0.15, 0.2) is 59.1 Å². The van der Waals surface area contributed by atoms with Gasteiger partial charge in [0.2, 0.25) is 0 Å². The zero-order valence-corrected chi connectivity index (χ0v) is 12.4. The van der Waals surface area contributed by atoms with Crippen LogP contribution in [0.4, 0.5) is 0 Å². The minimum absolute atomic E-state index is 0.0461. The van der Waals surface area contributed by atoms with Crippen molar-refractivity contribution in [3.8, 4) is 0 Å². The van der Waals surface area contributed by atoms with Gasteiger partial charge in [-0.25, -0.2) is 0 Å². The summed E-state index contributed by atoms with van der Waals surface area (Å²) < 4.78 is 0.819. The van der Waals surface area contributed by atoms with E-state index in [-0.39, 0.29) is 5.91 Å². The van der Waals surface area contributed by atoms with Gasteiger partial charge in [-0.2, -0.15) is 0 Å². The summed E-state index contributed by atoms with van der Waals surface area (Å²) in [6, 6.07) is 17.6. The van der Waals surface area contributed by atoms with Crippen molar-refractivity contribution in [2.24, 2.45) is 0 Å². The first-order chi connectivity index (χ1) is 9.18. The number of amides is 1. The zero-order chi connectivity index (χ0) is 13.7. The molecule has 0 aromatic heterocycles. The lowest BCUT2D eigenvalue weighted by atomic mass is 10.0. The van der Waals surface area contributed by atoms with E-state index in [0.717, 1.165) is 4.47 Å². The molecule has 1 atom stereocenters. The average molecular weight is 318 g/mol. The molecular formula is C16H16BrNO. The van der Waals surface area contributed by atoms with E-state index >= 15 is 0 Å². The van der Waals surface area contributed by atoms with E-state index in [9.17, 15) is 4.79 Å². The SMILES string of the molecule is CC(CNC(=O)c1ccccc1Br)c1ccccc1. The second-order valence-electron chi connectivity index (χ2n) is 4.50. The van der Waals surface area contributed by atoms with Crippen molar-refractivity contribution in [2.75, 3.05) is 6.54 Å². The number of carbonyl (C=O) groups is 1. The van der Waals surface area contributed by atoms with Crippen molar-refractivity contribution >= 4 is 21.8 Å². The second kappa shape index (κ2) is 6.53. The highest BCUT2D eigenvalue weighted by Gasteiger charge is 2.11. The number of nitrogens with one attached hydrogen (secondary N) is 1. The number of halogens is 1. The first kappa shape index (κ1) is 13.8. The molecule has 0 aliphatic rings. The van der Waals surface area contributed by atoms with E-state index < -0.39 is 0 Å². The summed E-state index contributed by atoms with van der Waals surface area (Å²) in [4.78, 5) is 12.1. The van der Waals surface area contributed by atoms with E-state index in [1.807, 2.05) is 42.5 Å². The molecule has 2 nitrogen and oxygen atoms in total. The van der Waals surface area contributed by atoms with Gasteiger partial charge in [0.1, 0.15) is 0 Å². The van der Waals surface area contributed by atoms with Crippen LogP contribution in [0.2, 0.25) is 0 Å². The lowest BCUT2D eigenvalue weighted by molar-refractivity contribution is 0.0951. The zero-order valence-electron chi connectivity index (χ0n) is 10.8. The van der Waals surface area contributed by atoms with Crippen LogP contribution in [-0.4, -0.2) is 12.5 Å². The third-order valence-corrected chi connectivity index (χ3v) is 3.75. The number of carbonyl (C=O) groups excluding carboxylic acids is 1. The third-order valence-electron chi connectivity index (χ3n) is 3.06. The standard InChI is InChI=1S/C16H16BrNO/c1-12(13-7-3-2-4-8-13)11-18-16(19)14-9-5-6-10-15(14)17/h2-10,12H,11H2,1H3,(H,18,19). The van der Waals surface area contributed by atoms with Crippen molar-refractivity contribution in [3.05, 3.63) is 70.2 Å². The van der Waals surface area contributed by atoms with Crippen LogP contribution in [0.5, 0.6) is 0 Å². The quantitative estimate of drug-likeness (QED) is 0.907. The first-order valence-electron chi connectivity index (χ1n) is 6.26. The molecule has 19 heavy (non-hydrogen) atoms. The van der Waals surface area contributed by atoms with Gasteiger partial charge >= 0.3 is 0 Å². The summed E-state index contributed by atoms with van der Waals surface area (Å²) in [7, 11) is 0. The third kappa shape index (κ3) is 3.67. The normalized spacial score (nSPS) is 11.9. The largest absolute Gasteiger partial charge is 0.351 e. The van der Waals surface area contributed by atoms with Crippen molar-refractivity contribution < 1.29 is 4.79 Å². The molecule has 2 rings (SSSR count). The highest BCUT2D eigenvalue weighted by atomic mass is 79.9. The van der Waals surface area contributed by atoms with Gasteiger partial charge in [-0.15, -0.1) is 0 Å². The van der Waals surface area contributed by atoms with E-state index in [2.05, 4.69) is 40.3 Å². The van der Waals surface area contributed by atoms with Crippen LogP contribution in [0.25, 0.3) is 0 Å². The van der Waals surface area contributed by atoms with Gasteiger partial charge in [0.05, 0.1) is 5.56 Å². The molecule has 0 bridgehead atoms. The maximum absolute atomic E-state index is 12.1. The Kier molecular flexibility index (Phi) is 4.74. The molecule has 0 radical (unpaired) electrons. The number of benzene rings is 2. The van der Waals surface area contributed by atoms with Gasteiger partial charge in [-0.05, 0) is 39.5 Å². The fourth-order valence-electron chi connectivity index (χ4n) is 1.89. The molecule has 0 heterocycles. The van der Waals surface area contributed by atoms with Crippen LogP contribution < -0.4 is 5.32 Å². The number of rotatable bonds is 4. The predicted molar refractivity (Wildman–Crippen MR) is 81.3 cm³/mol. The molecule has 2 aromatic rings. The van der Waals surface area contributed by atoms with E-state index in [0.29, 0.717) is 18.0 Å². The monoisotopic (exact) mass is 317 g/mol. The number of hydrogen-bond acceptors (Lipinski definition) is 1. The molecule has 0 saturated heterocycles. The summed E-state index contributed by atoms with van der Waals surface area (Å²) >= 11 is 3.39. The maximum atomic E-state index is 12.1. The van der Waals surface area contributed by atoms with Crippen LogP contribution in [0.3, 0.4) is 0 Å². The van der Waals surface area contributed by atoms with Gasteiger partial charge in [-0.1, -0.05) is 49.4 Å². The Balaban J connectivity index is 1.96. The van der Waals surface area contributed by atoms with Crippen molar-refractivity contribution in [1.29, 1.82) is 0 Å². The molecule has 0 saturated carbocycles. The summed E-state index contributed by atoms with van der Waals surface area (Å²) in [5.74, 6) is 0.253. The Labute approximate surface area is 122 Å². The van der Waals surface area contributed by atoms with Crippen LogP contribution in [0, 0.1) is 0 Å². The maximum Gasteiger partial charge on any atom is 0.252 e. The fourth-order valence-corrected chi connectivity index (χ4v) is 2.35. The Morgan fingerprint density at radius 3 is 2.42 bits per heavy atom. The lowest BCUT2D eigenvalue weighted by Gasteiger charge is -2.13. The van der Waals surface area contributed by atoms with Crippen LogP contribution >= 0.6 is 15.9 Å². The highest BCUT2D eigenvalue weighted by Crippen LogP contribution is 2.17. The average Bonchev–Trinajstić information content (AvgIpc) is 2.46. The topological polar surface area (TPSA) is 29.1 Å². The molecule has 2 aromatic carbocycles. The van der Waals surface area contributed by atoms with Gasteiger partial charge in [-0.3, -0.25) is 4.79 Å². The molecular weight excluding hydrogens is 302 g/mol. The van der Waals surface area contributed by atoms with Crippen molar-refractivity contribution in [1.82, 2.24) is 5.32 Å². The molecule has 1 unspecified atom stereocenters. The summed E-state index contributed by atoms with van der Waals surface area (Å²) in [6.07, 6.45) is 0. The van der Waals surface area contributed by atoms with Gasteiger partial charge in [0.25, 0.3) is 5.91 Å². The lowest BCUT2D eigenvalue weighted by Crippen LogP contribution is -2.27. The first-order valence-corrected chi connectivity index (χ1v) is 7.05. The minimum Gasteiger partial charge on any atom is -0.351 e. The Hall–Kier alpha value is -1.61. The summed E-state index contributed by atoms with van der Waals surface area (Å²) in [6.45, 7) is 2.74. The Bertz CT molecular complexity index is 554. The molecule has 0 spiro atoms. The van der Waals surface area contributed by atoms with Crippen LogP contribution in [0.1, 0.15) is 28.8 Å². The Morgan fingerprint density at radius 2 is 1.74 bits per heavy atom. The van der Waals surface area contributed by atoms with Gasteiger partial charge < -0.3 is 5.32 Å². The second-order valence-corrected chi connectivity index (χ2v) is 5.36. The molecule has 0 aliphatic carbocycles. The summed E-state index contributed by atoms with van der Waals surface area (Å²) in [5.41, 5.74) is 1.90. The van der Waals surface area contributed by atoms with E-state index in [1.165, 1.54) is 5.56 Å². The summed E-state index contributed by atoms with van der Waals surface area (Å²) in [5, 5.41) is 2.97. The smallest absolute Gasteiger partial charge is 0.252 e. The molecule has 98 valence electrons. The van der Waals surface area contributed by atoms with Crippen LogP contribution in [-0.2, 0) is 0 Å². The van der Waals surface area contributed by atoms with Crippen molar-refractivity contribution in [3.63, 3.8) is 0 Å².